The van der Waals surface area contributed by atoms with Gasteiger partial charge in [0.05, 0.1) is 19.0 Å². The van der Waals surface area contributed by atoms with Gasteiger partial charge in [0.25, 0.3) is 0 Å². The number of nitrogens with one attached hydrogen (secondary N) is 1. The smallest absolute Gasteiger partial charge is 0.121 e. The molecule has 0 radical (unpaired) electrons. The Balaban J connectivity index is 2.22. The van der Waals surface area contributed by atoms with E-state index in [0.717, 1.165) is 30.9 Å². The molecule has 0 amide bonds. The minimum atomic E-state index is 0.656. The number of ether oxygens (including phenoxy) is 1. The van der Waals surface area contributed by atoms with Crippen LogP contribution in [0.25, 0.3) is 5.69 Å². The Morgan fingerprint density at radius 3 is 2.81 bits per heavy atom. The summed E-state index contributed by atoms with van der Waals surface area (Å²) in [6.07, 6.45) is 2.92. The van der Waals surface area contributed by atoms with E-state index in [2.05, 4.69) is 37.3 Å². The molecule has 0 fully saturated rings. The summed E-state index contributed by atoms with van der Waals surface area (Å²) in [5.41, 5.74) is 3.56. The third-order valence-corrected chi connectivity index (χ3v) is 3.46. The third-order valence-electron chi connectivity index (χ3n) is 3.46. The SMILES string of the molecule is CCc1c(CNCC(C)C)cnn1-c1cccc(OC)c1. The van der Waals surface area contributed by atoms with Crippen LogP contribution in [0.5, 0.6) is 5.75 Å². The Hall–Kier alpha value is -1.81. The lowest BCUT2D eigenvalue weighted by atomic mass is 10.2. The van der Waals surface area contributed by atoms with Gasteiger partial charge in [-0.05, 0) is 31.0 Å². The van der Waals surface area contributed by atoms with Gasteiger partial charge in [-0.15, -0.1) is 0 Å². The highest BCUT2D eigenvalue weighted by molar-refractivity contribution is 5.41. The van der Waals surface area contributed by atoms with E-state index in [-0.39, 0.29) is 0 Å². The standard InChI is InChI=1S/C17H25N3O/c1-5-17-14(11-18-10-13(2)3)12-19-20(17)15-7-6-8-16(9-15)21-4/h6-9,12-13,18H,5,10-11H2,1-4H3. The number of methoxy groups -OCH3 is 1. The number of aromatic nitrogens is 2. The van der Waals surface area contributed by atoms with Crippen LogP contribution in [-0.2, 0) is 13.0 Å². The molecule has 0 aliphatic rings. The summed E-state index contributed by atoms with van der Waals surface area (Å²) >= 11 is 0. The lowest BCUT2D eigenvalue weighted by Gasteiger charge is -2.10. The van der Waals surface area contributed by atoms with Crippen LogP contribution < -0.4 is 10.1 Å². The van der Waals surface area contributed by atoms with E-state index >= 15 is 0 Å². The lowest BCUT2D eigenvalue weighted by molar-refractivity contribution is 0.414. The predicted molar refractivity (Wildman–Crippen MR) is 86.0 cm³/mol. The fraction of sp³-hybridized carbons (Fsp3) is 0.471. The van der Waals surface area contributed by atoms with E-state index in [1.165, 1.54) is 11.3 Å². The maximum absolute atomic E-state index is 5.29. The van der Waals surface area contributed by atoms with E-state index in [9.17, 15) is 0 Å². The van der Waals surface area contributed by atoms with Crippen molar-refractivity contribution in [3.8, 4) is 11.4 Å². The van der Waals surface area contributed by atoms with Crippen molar-refractivity contribution in [1.82, 2.24) is 15.1 Å². The van der Waals surface area contributed by atoms with Gasteiger partial charge in [0.2, 0.25) is 0 Å². The summed E-state index contributed by atoms with van der Waals surface area (Å²) in [5, 5.41) is 8.04. The number of rotatable bonds is 7. The molecule has 4 heteroatoms. The monoisotopic (exact) mass is 287 g/mol. The Labute approximate surface area is 127 Å². The van der Waals surface area contributed by atoms with E-state index in [0.29, 0.717) is 5.92 Å². The molecule has 1 aromatic carbocycles. The summed E-state index contributed by atoms with van der Waals surface area (Å²) in [6.45, 7) is 8.49. The summed E-state index contributed by atoms with van der Waals surface area (Å²) in [6, 6.07) is 8.01. The van der Waals surface area contributed by atoms with Gasteiger partial charge >= 0.3 is 0 Å². The van der Waals surface area contributed by atoms with Crippen molar-refractivity contribution in [2.24, 2.45) is 5.92 Å². The molecule has 21 heavy (non-hydrogen) atoms. The fourth-order valence-corrected chi connectivity index (χ4v) is 2.39. The van der Waals surface area contributed by atoms with Crippen molar-refractivity contribution >= 4 is 0 Å². The average Bonchev–Trinajstić information content (AvgIpc) is 2.90. The minimum absolute atomic E-state index is 0.656. The quantitative estimate of drug-likeness (QED) is 0.850. The number of hydrogen-bond acceptors (Lipinski definition) is 3. The highest BCUT2D eigenvalue weighted by Crippen LogP contribution is 2.20. The van der Waals surface area contributed by atoms with Gasteiger partial charge in [-0.1, -0.05) is 26.8 Å². The molecule has 0 bridgehead atoms. The molecule has 0 aliphatic carbocycles. The third kappa shape index (κ3) is 3.85. The largest absolute Gasteiger partial charge is 0.497 e. The zero-order valence-electron chi connectivity index (χ0n) is 13.4. The second kappa shape index (κ2) is 7.27. The Kier molecular flexibility index (Phi) is 5.39. The molecule has 0 saturated heterocycles. The van der Waals surface area contributed by atoms with Crippen LogP contribution in [0.15, 0.2) is 30.5 Å². The van der Waals surface area contributed by atoms with Crippen molar-refractivity contribution in [1.29, 1.82) is 0 Å². The number of nitrogens with zero attached hydrogens (tertiary/aromatic N) is 2. The minimum Gasteiger partial charge on any atom is -0.497 e. The Bertz CT molecular complexity index is 575. The highest BCUT2D eigenvalue weighted by Gasteiger charge is 2.11. The van der Waals surface area contributed by atoms with Crippen LogP contribution in [0.2, 0.25) is 0 Å². The summed E-state index contributed by atoms with van der Waals surface area (Å²) in [4.78, 5) is 0. The van der Waals surface area contributed by atoms with E-state index in [1.807, 2.05) is 29.1 Å². The van der Waals surface area contributed by atoms with Gasteiger partial charge in [0.15, 0.2) is 0 Å². The first-order chi connectivity index (χ1) is 10.2. The maximum atomic E-state index is 5.29. The van der Waals surface area contributed by atoms with E-state index in [1.54, 1.807) is 7.11 Å². The van der Waals surface area contributed by atoms with Crippen LogP contribution in [0.3, 0.4) is 0 Å². The molecule has 2 aromatic rings. The first-order valence-corrected chi connectivity index (χ1v) is 7.56. The topological polar surface area (TPSA) is 39.1 Å². The molecule has 0 spiro atoms. The van der Waals surface area contributed by atoms with Crippen molar-refractivity contribution in [2.75, 3.05) is 13.7 Å². The molecule has 4 nitrogen and oxygen atoms in total. The molecule has 1 heterocycles. The van der Waals surface area contributed by atoms with Gasteiger partial charge < -0.3 is 10.1 Å². The Morgan fingerprint density at radius 2 is 2.14 bits per heavy atom. The zero-order chi connectivity index (χ0) is 15.2. The van der Waals surface area contributed by atoms with Crippen LogP contribution >= 0.6 is 0 Å². The van der Waals surface area contributed by atoms with Crippen LogP contribution in [0.1, 0.15) is 32.0 Å². The van der Waals surface area contributed by atoms with Gasteiger partial charge in [-0.2, -0.15) is 5.10 Å². The van der Waals surface area contributed by atoms with Gasteiger partial charge in [0, 0.05) is 23.9 Å². The van der Waals surface area contributed by atoms with Crippen LogP contribution in [0, 0.1) is 5.92 Å². The van der Waals surface area contributed by atoms with Gasteiger partial charge in [0.1, 0.15) is 5.75 Å². The molecule has 1 aromatic heterocycles. The number of hydrogen-bond donors (Lipinski definition) is 1. The van der Waals surface area contributed by atoms with E-state index in [4.69, 9.17) is 4.74 Å². The van der Waals surface area contributed by atoms with Crippen molar-refractivity contribution < 1.29 is 4.74 Å². The lowest BCUT2D eigenvalue weighted by Crippen LogP contribution is -2.19. The summed E-state index contributed by atoms with van der Waals surface area (Å²) < 4.78 is 7.30. The van der Waals surface area contributed by atoms with Crippen LogP contribution in [0.4, 0.5) is 0 Å². The van der Waals surface area contributed by atoms with Gasteiger partial charge in [-0.3, -0.25) is 0 Å². The molecule has 1 N–H and O–H groups in total. The molecular formula is C17H25N3O. The molecule has 0 atom stereocenters. The van der Waals surface area contributed by atoms with Crippen molar-refractivity contribution in [3.63, 3.8) is 0 Å². The molecule has 0 aliphatic heterocycles. The first kappa shape index (κ1) is 15.6. The van der Waals surface area contributed by atoms with E-state index < -0.39 is 0 Å². The van der Waals surface area contributed by atoms with Crippen LogP contribution in [-0.4, -0.2) is 23.4 Å². The molecule has 0 unspecified atom stereocenters. The van der Waals surface area contributed by atoms with Crippen molar-refractivity contribution in [2.45, 2.75) is 33.7 Å². The summed E-state index contributed by atoms with van der Waals surface area (Å²) in [7, 11) is 1.68. The Morgan fingerprint density at radius 1 is 1.33 bits per heavy atom. The maximum Gasteiger partial charge on any atom is 0.121 e. The predicted octanol–water partition coefficient (Wildman–Crippen LogP) is 3.19. The van der Waals surface area contributed by atoms with Crippen molar-refractivity contribution in [3.05, 3.63) is 41.7 Å². The fourth-order valence-electron chi connectivity index (χ4n) is 2.39. The second-order valence-corrected chi connectivity index (χ2v) is 5.61. The van der Waals surface area contributed by atoms with Gasteiger partial charge in [-0.25, -0.2) is 4.68 Å². The summed E-state index contributed by atoms with van der Waals surface area (Å²) in [5.74, 6) is 1.51. The molecule has 114 valence electrons. The normalized spacial score (nSPS) is 11.1. The molecular weight excluding hydrogens is 262 g/mol. The molecule has 0 saturated carbocycles. The molecule has 2 rings (SSSR count). The first-order valence-electron chi connectivity index (χ1n) is 7.56. The highest BCUT2D eigenvalue weighted by atomic mass is 16.5. The second-order valence-electron chi connectivity index (χ2n) is 5.61. The average molecular weight is 287 g/mol. The zero-order valence-corrected chi connectivity index (χ0v) is 13.4. The number of benzene rings is 1.